The summed E-state index contributed by atoms with van der Waals surface area (Å²) in [7, 11) is 0. The monoisotopic (exact) mass is 223 g/mol. The molecule has 0 amide bonds. The number of hydrogen-bond donors (Lipinski definition) is 1. The van der Waals surface area contributed by atoms with E-state index in [-0.39, 0.29) is 12.0 Å². The van der Waals surface area contributed by atoms with Crippen molar-refractivity contribution in [1.82, 2.24) is 4.90 Å². The highest BCUT2D eigenvalue weighted by molar-refractivity contribution is 5.74. The molecule has 1 aliphatic carbocycles. The third-order valence-electron chi connectivity index (χ3n) is 3.88. The third-order valence-corrected chi connectivity index (χ3v) is 3.88. The first-order chi connectivity index (χ1) is 7.70. The molecule has 0 aromatic rings. The molecule has 0 saturated carbocycles. The first-order valence-electron chi connectivity index (χ1n) is 6.35. The summed E-state index contributed by atoms with van der Waals surface area (Å²) in [6.45, 7) is 3.01. The summed E-state index contributed by atoms with van der Waals surface area (Å²) < 4.78 is 0. The van der Waals surface area contributed by atoms with Gasteiger partial charge in [0, 0.05) is 6.04 Å². The van der Waals surface area contributed by atoms with Gasteiger partial charge in [-0.25, -0.2) is 0 Å². The fourth-order valence-electron chi connectivity index (χ4n) is 3.05. The van der Waals surface area contributed by atoms with Gasteiger partial charge in [0.2, 0.25) is 0 Å². The van der Waals surface area contributed by atoms with E-state index in [2.05, 4.69) is 24.0 Å². The zero-order valence-corrected chi connectivity index (χ0v) is 9.93. The first kappa shape index (κ1) is 11.6. The van der Waals surface area contributed by atoms with Crippen LogP contribution < -0.4 is 0 Å². The van der Waals surface area contributed by atoms with Crippen molar-refractivity contribution in [3.05, 3.63) is 12.2 Å². The van der Waals surface area contributed by atoms with Gasteiger partial charge in [0.25, 0.3) is 0 Å². The molecular formula is C13H21NO2. The maximum absolute atomic E-state index is 11.4. The van der Waals surface area contributed by atoms with Crippen LogP contribution in [-0.2, 0) is 4.79 Å². The number of aliphatic carboxylic acids is 1. The molecule has 90 valence electrons. The number of carboxylic acid groups (broad SMARTS) is 1. The molecule has 0 radical (unpaired) electrons. The second-order valence-electron chi connectivity index (χ2n) is 5.07. The number of likely N-dealkylation sites (tertiary alicyclic amines) is 1. The lowest BCUT2D eigenvalue weighted by molar-refractivity contribution is -0.147. The molecule has 2 rings (SSSR count). The minimum atomic E-state index is -0.647. The first-order valence-corrected chi connectivity index (χ1v) is 6.35. The second-order valence-corrected chi connectivity index (χ2v) is 5.07. The fraction of sp³-hybridized carbons (Fsp3) is 0.769. The van der Waals surface area contributed by atoms with Crippen molar-refractivity contribution in [2.75, 3.05) is 6.54 Å². The normalized spacial score (nSPS) is 36.2. The van der Waals surface area contributed by atoms with Gasteiger partial charge in [0.1, 0.15) is 6.04 Å². The molecule has 0 bridgehead atoms. The summed E-state index contributed by atoms with van der Waals surface area (Å²) in [4.78, 5) is 13.6. The molecule has 1 N–H and O–H groups in total. The number of rotatable bonds is 2. The van der Waals surface area contributed by atoms with Gasteiger partial charge in [-0.15, -0.1) is 0 Å². The van der Waals surface area contributed by atoms with E-state index in [4.69, 9.17) is 0 Å². The Kier molecular flexibility index (Phi) is 3.64. The van der Waals surface area contributed by atoms with Crippen LogP contribution in [0.25, 0.3) is 0 Å². The molecule has 1 aliphatic heterocycles. The quantitative estimate of drug-likeness (QED) is 0.730. The number of carboxylic acids is 1. The van der Waals surface area contributed by atoms with Crippen molar-refractivity contribution >= 4 is 5.97 Å². The minimum absolute atomic E-state index is 0.276. The van der Waals surface area contributed by atoms with Crippen molar-refractivity contribution in [2.24, 2.45) is 5.92 Å². The van der Waals surface area contributed by atoms with E-state index in [1.807, 2.05) is 0 Å². The largest absolute Gasteiger partial charge is 0.480 e. The highest BCUT2D eigenvalue weighted by Gasteiger charge is 2.37. The molecule has 1 heterocycles. The summed E-state index contributed by atoms with van der Waals surface area (Å²) in [5, 5.41) is 9.34. The van der Waals surface area contributed by atoms with Crippen molar-refractivity contribution in [3.8, 4) is 0 Å². The molecular weight excluding hydrogens is 202 g/mol. The van der Waals surface area contributed by atoms with Gasteiger partial charge >= 0.3 is 5.97 Å². The molecule has 16 heavy (non-hydrogen) atoms. The number of nitrogens with zero attached hydrogens (tertiary/aromatic N) is 1. The van der Waals surface area contributed by atoms with Crippen molar-refractivity contribution in [3.63, 3.8) is 0 Å². The topological polar surface area (TPSA) is 40.5 Å². The lowest BCUT2D eigenvalue weighted by Crippen LogP contribution is -2.53. The Bertz CT molecular complexity index is 288. The lowest BCUT2D eigenvalue weighted by atomic mass is 9.88. The summed E-state index contributed by atoms with van der Waals surface area (Å²) in [6, 6.07) is 0.0825. The van der Waals surface area contributed by atoms with Crippen LogP contribution in [0, 0.1) is 5.92 Å². The number of piperidine rings is 1. The Labute approximate surface area is 97.1 Å². The molecule has 0 spiro atoms. The number of hydrogen-bond acceptors (Lipinski definition) is 2. The summed E-state index contributed by atoms with van der Waals surface area (Å²) in [6.07, 6.45) is 10.0. The fourth-order valence-corrected chi connectivity index (χ4v) is 3.05. The van der Waals surface area contributed by atoms with E-state index in [0.29, 0.717) is 6.04 Å². The van der Waals surface area contributed by atoms with Gasteiger partial charge in [0.05, 0.1) is 0 Å². The molecule has 3 atom stereocenters. The number of carbonyl (C=O) groups is 1. The average Bonchev–Trinajstić information content (AvgIpc) is 2.29. The maximum Gasteiger partial charge on any atom is 0.321 e. The van der Waals surface area contributed by atoms with Crippen LogP contribution in [0.4, 0.5) is 0 Å². The van der Waals surface area contributed by atoms with E-state index in [0.717, 1.165) is 32.2 Å². The van der Waals surface area contributed by atoms with E-state index < -0.39 is 5.97 Å². The van der Waals surface area contributed by atoms with Crippen LogP contribution in [0.1, 0.15) is 39.0 Å². The maximum atomic E-state index is 11.4. The van der Waals surface area contributed by atoms with Crippen LogP contribution in [-0.4, -0.2) is 34.6 Å². The van der Waals surface area contributed by atoms with Gasteiger partial charge < -0.3 is 5.11 Å². The van der Waals surface area contributed by atoms with E-state index in [9.17, 15) is 9.90 Å². The van der Waals surface area contributed by atoms with Crippen LogP contribution in [0.3, 0.4) is 0 Å². The van der Waals surface area contributed by atoms with Gasteiger partial charge in [0.15, 0.2) is 0 Å². The molecule has 1 saturated heterocycles. The van der Waals surface area contributed by atoms with Crippen LogP contribution in [0.15, 0.2) is 12.2 Å². The summed E-state index contributed by atoms with van der Waals surface area (Å²) in [5.74, 6) is -0.368. The van der Waals surface area contributed by atoms with Gasteiger partial charge in [-0.2, -0.15) is 0 Å². The van der Waals surface area contributed by atoms with Gasteiger partial charge in [-0.3, -0.25) is 9.69 Å². The van der Waals surface area contributed by atoms with Crippen molar-refractivity contribution in [1.29, 1.82) is 0 Å². The van der Waals surface area contributed by atoms with E-state index in [1.165, 1.54) is 6.42 Å². The number of allylic oxidation sites excluding steroid dienone is 1. The van der Waals surface area contributed by atoms with Crippen LogP contribution >= 0.6 is 0 Å². The highest BCUT2D eigenvalue weighted by atomic mass is 16.4. The average molecular weight is 223 g/mol. The molecule has 3 heteroatoms. The van der Waals surface area contributed by atoms with Crippen molar-refractivity contribution in [2.45, 2.75) is 51.1 Å². The summed E-state index contributed by atoms with van der Waals surface area (Å²) >= 11 is 0. The molecule has 3 nitrogen and oxygen atoms in total. The zero-order chi connectivity index (χ0) is 11.5. The van der Waals surface area contributed by atoms with Gasteiger partial charge in [-0.1, -0.05) is 19.1 Å². The van der Waals surface area contributed by atoms with Gasteiger partial charge in [-0.05, 0) is 44.6 Å². The predicted molar refractivity (Wildman–Crippen MR) is 63.3 cm³/mol. The Morgan fingerprint density at radius 1 is 1.38 bits per heavy atom. The minimum Gasteiger partial charge on any atom is -0.480 e. The Morgan fingerprint density at radius 2 is 2.19 bits per heavy atom. The molecule has 0 aromatic heterocycles. The molecule has 0 aromatic carbocycles. The Hall–Kier alpha value is -0.830. The summed E-state index contributed by atoms with van der Waals surface area (Å²) in [5.41, 5.74) is 0. The van der Waals surface area contributed by atoms with E-state index in [1.54, 1.807) is 0 Å². The zero-order valence-electron chi connectivity index (χ0n) is 9.93. The molecule has 2 aliphatic rings. The standard InChI is InChI=1S/C13H21NO2/c1-10-6-5-9-14(12(10)13(15)16)11-7-3-2-4-8-11/h3,7,10-12H,2,4-6,8-9H2,1H3,(H,15,16). The molecule has 1 fully saturated rings. The Balaban J connectivity index is 2.13. The SMILES string of the molecule is CC1CCCN(C2C=CCCC2)C1C(=O)O. The second kappa shape index (κ2) is 5.00. The molecule has 3 unspecified atom stereocenters. The van der Waals surface area contributed by atoms with E-state index >= 15 is 0 Å². The smallest absolute Gasteiger partial charge is 0.321 e. The Morgan fingerprint density at radius 3 is 2.81 bits per heavy atom. The third kappa shape index (κ3) is 2.29. The van der Waals surface area contributed by atoms with Crippen LogP contribution in [0.5, 0.6) is 0 Å². The highest BCUT2D eigenvalue weighted by Crippen LogP contribution is 2.28. The van der Waals surface area contributed by atoms with Crippen LogP contribution in [0.2, 0.25) is 0 Å². The van der Waals surface area contributed by atoms with Crippen molar-refractivity contribution < 1.29 is 9.90 Å². The lowest BCUT2D eigenvalue weighted by Gasteiger charge is -2.42. The predicted octanol–water partition coefficient (Wildman–Crippen LogP) is 2.28.